The Balaban J connectivity index is 1.41. The van der Waals surface area contributed by atoms with Crippen molar-refractivity contribution in [2.75, 3.05) is 16.8 Å². The lowest BCUT2D eigenvalue weighted by atomic mass is 10.1. The number of hydrogen-bond acceptors (Lipinski definition) is 4. The largest absolute Gasteiger partial charge is 0.479 e. The molecule has 0 fully saturated rings. The van der Waals surface area contributed by atoms with Crippen molar-refractivity contribution in [1.29, 1.82) is 0 Å². The number of fused-ring (bicyclic) bond motifs is 2. The number of ether oxygens (including phenoxy) is 1. The molecule has 0 bridgehead atoms. The van der Waals surface area contributed by atoms with E-state index in [9.17, 15) is 9.59 Å². The average Bonchev–Trinajstić information content (AvgIpc) is 3.17. The molecule has 0 aliphatic carbocycles. The monoisotopic (exact) mass is 440 g/mol. The number of para-hydroxylation sites is 2. The molecule has 0 radical (unpaired) electrons. The molecule has 0 spiro atoms. The van der Waals surface area contributed by atoms with Crippen molar-refractivity contribution < 1.29 is 14.3 Å². The molecule has 1 atom stereocenters. The number of carbonyl (C=O) groups excluding carboxylic acids is 2. The van der Waals surface area contributed by atoms with Crippen LogP contribution in [0.15, 0.2) is 72.9 Å². The summed E-state index contributed by atoms with van der Waals surface area (Å²) in [4.78, 5) is 32.1. The number of aryl methyl sites for hydroxylation is 1. The quantitative estimate of drug-likeness (QED) is 0.497. The molecule has 33 heavy (non-hydrogen) atoms. The number of amides is 2. The Hall–Kier alpha value is -4.13. The van der Waals surface area contributed by atoms with E-state index >= 15 is 0 Å². The van der Waals surface area contributed by atoms with Gasteiger partial charge in [0.15, 0.2) is 6.10 Å². The van der Waals surface area contributed by atoms with Gasteiger partial charge in [-0.25, -0.2) is 4.98 Å². The van der Waals surface area contributed by atoms with Crippen LogP contribution in [0.1, 0.15) is 18.9 Å². The maximum Gasteiger partial charge on any atom is 0.267 e. The SMILES string of the molecule is Cc1ccn2c(NC(=O)CCN3C(=O)C(C)Oc4ccccc43)c(-c3ccccc3)nc2c1. The lowest BCUT2D eigenvalue weighted by Gasteiger charge is -2.32. The number of carbonyl (C=O) groups is 2. The molecular weight excluding hydrogens is 416 g/mol. The Bertz CT molecular complexity index is 1350. The van der Waals surface area contributed by atoms with Gasteiger partial charge in [0.1, 0.15) is 22.9 Å². The van der Waals surface area contributed by atoms with Crippen LogP contribution in [0.25, 0.3) is 16.9 Å². The van der Waals surface area contributed by atoms with Crippen LogP contribution in [0.5, 0.6) is 5.75 Å². The van der Waals surface area contributed by atoms with Crippen molar-refractivity contribution >= 4 is 29.0 Å². The van der Waals surface area contributed by atoms with E-state index < -0.39 is 6.10 Å². The number of benzene rings is 2. The Morgan fingerprint density at radius 2 is 1.85 bits per heavy atom. The molecule has 166 valence electrons. The lowest BCUT2D eigenvalue weighted by Crippen LogP contribution is -2.45. The van der Waals surface area contributed by atoms with Gasteiger partial charge in [-0.2, -0.15) is 0 Å². The highest BCUT2D eigenvalue weighted by molar-refractivity contribution is 6.01. The predicted octanol–water partition coefficient (Wildman–Crippen LogP) is 4.45. The fraction of sp³-hybridized carbons (Fsp3) is 0.192. The summed E-state index contributed by atoms with van der Waals surface area (Å²) in [7, 11) is 0. The zero-order valence-corrected chi connectivity index (χ0v) is 18.5. The summed E-state index contributed by atoms with van der Waals surface area (Å²) in [5.41, 5.74) is 4.15. The number of aromatic nitrogens is 2. The maximum absolute atomic E-state index is 13.0. The molecule has 5 rings (SSSR count). The Morgan fingerprint density at radius 3 is 2.67 bits per heavy atom. The van der Waals surface area contributed by atoms with Gasteiger partial charge in [-0.05, 0) is 43.7 Å². The molecule has 1 unspecified atom stereocenters. The third kappa shape index (κ3) is 3.93. The van der Waals surface area contributed by atoms with Crippen LogP contribution in [0, 0.1) is 6.92 Å². The zero-order valence-electron chi connectivity index (χ0n) is 18.5. The minimum absolute atomic E-state index is 0.139. The summed E-state index contributed by atoms with van der Waals surface area (Å²) in [5.74, 6) is 0.910. The second-order valence-electron chi connectivity index (χ2n) is 8.12. The van der Waals surface area contributed by atoms with Crippen molar-refractivity contribution in [1.82, 2.24) is 9.38 Å². The number of imidazole rings is 1. The number of nitrogens with one attached hydrogen (secondary N) is 1. The van der Waals surface area contributed by atoms with E-state index in [1.165, 1.54) is 0 Å². The molecule has 4 aromatic rings. The van der Waals surface area contributed by atoms with E-state index in [4.69, 9.17) is 9.72 Å². The van der Waals surface area contributed by atoms with Crippen LogP contribution in [-0.4, -0.2) is 33.8 Å². The van der Waals surface area contributed by atoms with Crippen LogP contribution in [0.4, 0.5) is 11.5 Å². The van der Waals surface area contributed by atoms with Crippen LogP contribution < -0.4 is 15.0 Å². The van der Waals surface area contributed by atoms with Gasteiger partial charge in [0.2, 0.25) is 5.91 Å². The molecule has 7 heteroatoms. The van der Waals surface area contributed by atoms with Gasteiger partial charge in [-0.3, -0.25) is 14.0 Å². The molecule has 7 nitrogen and oxygen atoms in total. The highest BCUT2D eigenvalue weighted by atomic mass is 16.5. The van der Waals surface area contributed by atoms with Gasteiger partial charge in [0, 0.05) is 24.7 Å². The molecule has 1 aliphatic rings. The van der Waals surface area contributed by atoms with Gasteiger partial charge < -0.3 is 15.0 Å². The first-order chi connectivity index (χ1) is 16.0. The second-order valence-corrected chi connectivity index (χ2v) is 8.12. The van der Waals surface area contributed by atoms with E-state index in [0.717, 1.165) is 16.8 Å². The fourth-order valence-electron chi connectivity index (χ4n) is 4.06. The number of pyridine rings is 1. The van der Waals surface area contributed by atoms with Crippen molar-refractivity contribution in [3.63, 3.8) is 0 Å². The maximum atomic E-state index is 13.0. The molecule has 0 saturated carbocycles. The van der Waals surface area contributed by atoms with Gasteiger partial charge in [0.05, 0.1) is 5.69 Å². The van der Waals surface area contributed by atoms with E-state index in [-0.39, 0.29) is 24.8 Å². The van der Waals surface area contributed by atoms with Crippen LogP contribution in [-0.2, 0) is 9.59 Å². The van der Waals surface area contributed by atoms with Crippen molar-refractivity contribution in [2.24, 2.45) is 0 Å². The van der Waals surface area contributed by atoms with Gasteiger partial charge in [-0.15, -0.1) is 0 Å². The Morgan fingerprint density at radius 1 is 1.09 bits per heavy atom. The topological polar surface area (TPSA) is 75.9 Å². The Labute approximate surface area is 191 Å². The number of hydrogen-bond donors (Lipinski definition) is 1. The first-order valence-electron chi connectivity index (χ1n) is 10.9. The first-order valence-corrected chi connectivity index (χ1v) is 10.9. The first kappa shape index (κ1) is 20.8. The smallest absolute Gasteiger partial charge is 0.267 e. The zero-order chi connectivity index (χ0) is 22.9. The predicted molar refractivity (Wildman–Crippen MR) is 127 cm³/mol. The van der Waals surface area contributed by atoms with Crippen molar-refractivity contribution in [3.05, 3.63) is 78.5 Å². The minimum atomic E-state index is -0.588. The van der Waals surface area contributed by atoms with E-state index in [1.807, 2.05) is 84.3 Å². The minimum Gasteiger partial charge on any atom is -0.479 e. The number of nitrogens with zero attached hydrogens (tertiary/aromatic N) is 3. The highest BCUT2D eigenvalue weighted by Crippen LogP contribution is 2.34. The van der Waals surface area contributed by atoms with Crippen LogP contribution >= 0.6 is 0 Å². The highest BCUT2D eigenvalue weighted by Gasteiger charge is 2.31. The average molecular weight is 441 g/mol. The second kappa shape index (κ2) is 8.43. The molecule has 3 heterocycles. The lowest BCUT2D eigenvalue weighted by molar-refractivity contribution is -0.125. The normalized spacial score (nSPS) is 15.3. The molecular formula is C26H24N4O3. The molecule has 1 aliphatic heterocycles. The van der Waals surface area contributed by atoms with Crippen molar-refractivity contribution in [3.8, 4) is 17.0 Å². The molecule has 2 aromatic heterocycles. The Kier molecular flexibility index (Phi) is 5.30. The van der Waals surface area contributed by atoms with Crippen LogP contribution in [0.3, 0.4) is 0 Å². The van der Waals surface area contributed by atoms with Gasteiger partial charge in [-0.1, -0.05) is 42.5 Å². The summed E-state index contributed by atoms with van der Waals surface area (Å²) < 4.78 is 7.56. The summed E-state index contributed by atoms with van der Waals surface area (Å²) in [5, 5.41) is 3.03. The molecule has 2 aromatic carbocycles. The summed E-state index contributed by atoms with van der Waals surface area (Å²) in [6.07, 6.45) is 1.46. The summed E-state index contributed by atoms with van der Waals surface area (Å²) in [6, 6.07) is 21.1. The third-order valence-corrected chi connectivity index (χ3v) is 5.72. The van der Waals surface area contributed by atoms with E-state index in [2.05, 4.69) is 5.32 Å². The van der Waals surface area contributed by atoms with Crippen molar-refractivity contribution in [2.45, 2.75) is 26.4 Å². The molecule has 2 amide bonds. The summed E-state index contributed by atoms with van der Waals surface area (Å²) >= 11 is 0. The van der Waals surface area contributed by atoms with Crippen LogP contribution in [0.2, 0.25) is 0 Å². The van der Waals surface area contributed by atoms with Gasteiger partial charge in [0.25, 0.3) is 5.91 Å². The number of anilines is 2. The standard InChI is InChI=1S/C26H24N4O3/c1-17-12-14-30-22(16-17)27-24(19-8-4-3-5-9-19)25(30)28-23(31)13-15-29-20-10-6-7-11-21(20)33-18(2)26(29)32/h3-12,14,16,18H,13,15H2,1-2H3,(H,28,31). The molecule has 0 saturated heterocycles. The van der Waals surface area contributed by atoms with Gasteiger partial charge >= 0.3 is 0 Å². The third-order valence-electron chi connectivity index (χ3n) is 5.72. The summed E-state index contributed by atoms with van der Waals surface area (Å²) in [6.45, 7) is 3.98. The van der Waals surface area contributed by atoms with E-state index in [0.29, 0.717) is 22.9 Å². The number of rotatable bonds is 5. The fourth-order valence-corrected chi connectivity index (χ4v) is 4.06. The molecule has 1 N–H and O–H groups in total. The van der Waals surface area contributed by atoms with E-state index in [1.54, 1.807) is 11.8 Å².